The minimum atomic E-state index is 0.781. The van der Waals surface area contributed by atoms with Crippen LogP contribution in [0.5, 0.6) is 0 Å². The molecule has 59 heavy (non-hydrogen) atoms. The molecule has 9 aromatic carbocycles. The summed E-state index contributed by atoms with van der Waals surface area (Å²) in [4.78, 5) is 4.67. The van der Waals surface area contributed by atoms with Crippen molar-refractivity contribution in [2.45, 2.75) is 34.6 Å². The molecule has 0 unspecified atom stereocenters. The van der Waals surface area contributed by atoms with E-state index in [0.717, 1.165) is 105 Å². The van der Waals surface area contributed by atoms with Crippen molar-refractivity contribution >= 4 is 99.5 Å². The number of furan rings is 2. The lowest BCUT2D eigenvalue weighted by Gasteiger charge is -2.26. The molecule has 0 N–H and O–H groups in total. The zero-order valence-electron chi connectivity index (χ0n) is 33.8. The summed E-state index contributed by atoms with van der Waals surface area (Å²) in [6.45, 7) is 10.8. The molecule has 0 atom stereocenters. The Morgan fingerprint density at radius 3 is 1.29 bits per heavy atom. The van der Waals surface area contributed by atoms with Gasteiger partial charge in [-0.3, -0.25) is 0 Å². The van der Waals surface area contributed by atoms with Crippen molar-refractivity contribution in [1.82, 2.24) is 0 Å². The van der Waals surface area contributed by atoms with Gasteiger partial charge in [0.1, 0.15) is 11.2 Å². The van der Waals surface area contributed by atoms with Gasteiger partial charge in [0, 0.05) is 55.7 Å². The Labute approximate surface area is 343 Å². The number of hydrogen-bond donors (Lipinski definition) is 0. The SMILES string of the molecule is Cc1cc(C)cc(N(c2ccccc2)c2ccc3cc4c(cc3c2)oc2c4cc(C)c3c4cc5ccc(N(c6ccccc6)c6cc(C)cc(C)c6)cc5cc4oc23)c1. The second-order valence-electron chi connectivity index (χ2n) is 16.3. The van der Waals surface area contributed by atoms with Gasteiger partial charge >= 0.3 is 0 Å². The van der Waals surface area contributed by atoms with Crippen molar-refractivity contribution in [3.8, 4) is 0 Å². The van der Waals surface area contributed by atoms with Gasteiger partial charge in [-0.15, -0.1) is 0 Å². The van der Waals surface area contributed by atoms with Crippen molar-refractivity contribution in [2.75, 3.05) is 9.80 Å². The van der Waals surface area contributed by atoms with Crippen molar-refractivity contribution < 1.29 is 8.83 Å². The molecule has 0 radical (unpaired) electrons. The maximum Gasteiger partial charge on any atom is 0.178 e. The second-order valence-corrected chi connectivity index (χ2v) is 16.3. The lowest BCUT2D eigenvalue weighted by atomic mass is 10.00. The zero-order valence-corrected chi connectivity index (χ0v) is 33.8. The lowest BCUT2D eigenvalue weighted by Crippen LogP contribution is -2.10. The monoisotopic (exact) mass is 762 g/mol. The van der Waals surface area contributed by atoms with Gasteiger partial charge in [0.2, 0.25) is 0 Å². The van der Waals surface area contributed by atoms with Gasteiger partial charge in [0.15, 0.2) is 11.2 Å². The summed E-state index contributed by atoms with van der Waals surface area (Å²) in [5.41, 5.74) is 16.1. The van der Waals surface area contributed by atoms with Crippen LogP contribution < -0.4 is 9.80 Å². The third-order valence-electron chi connectivity index (χ3n) is 11.7. The quantitative estimate of drug-likeness (QED) is 0.169. The number of hydrogen-bond acceptors (Lipinski definition) is 4. The molecule has 0 aliphatic heterocycles. The van der Waals surface area contributed by atoms with Crippen LogP contribution in [0.15, 0.2) is 173 Å². The number of nitrogens with zero attached hydrogens (tertiary/aromatic N) is 2. The van der Waals surface area contributed by atoms with Crippen LogP contribution in [0.2, 0.25) is 0 Å². The highest BCUT2D eigenvalue weighted by Gasteiger charge is 2.21. The Morgan fingerprint density at radius 2 is 0.780 bits per heavy atom. The van der Waals surface area contributed by atoms with E-state index < -0.39 is 0 Å². The molecule has 284 valence electrons. The minimum absolute atomic E-state index is 0.781. The van der Waals surface area contributed by atoms with E-state index in [9.17, 15) is 0 Å². The maximum atomic E-state index is 6.84. The first-order chi connectivity index (χ1) is 28.7. The normalized spacial score (nSPS) is 11.8. The third kappa shape index (κ3) is 5.90. The molecular weight excluding hydrogens is 721 g/mol. The smallest absolute Gasteiger partial charge is 0.178 e. The molecule has 0 amide bonds. The van der Waals surface area contributed by atoms with Crippen LogP contribution in [0.4, 0.5) is 34.1 Å². The van der Waals surface area contributed by atoms with E-state index in [1.807, 2.05) is 0 Å². The molecule has 0 saturated carbocycles. The second kappa shape index (κ2) is 13.4. The molecule has 11 rings (SSSR count). The predicted octanol–water partition coefficient (Wildman–Crippen LogP) is 16.3. The van der Waals surface area contributed by atoms with Crippen LogP contribution >= 0.6 is 0 Å². The van der Waals surface area contributed by atoms with Gasteiger partial charge in [-0.05, 0) is 187 Å². The van der Waals surface area contributed by atoms with Gasteiger partial charge in [-0.2, -0.15) is 0 Å². The average molecular weight is 763 g/mol. The Bertz CT molecular complexity index is 3410. The van der Waals surface area contributed by atoms with Crippen LogP contribution in [0.25, 0.3) is 65.4 Å². The third-order valence-corrected chi connectivity index (χ3v) is 11.7. The van der Waals surface area contributed by atoms with Crippen molar-refractivity contribution in [3.63, 3.8) is 0 Å². The van der Waals surface area contributed by atoms with Gasteiger partial charge in [-0.25, -0.2) is 0 Å². The molecule has 0 spiro atoms. The topological polar surface area (TPSA) is 32.8 Å². The maximum absolute atomic E-state index is 6.84. The van der Waals surface area contributed by atoms with E-state index in [2.05, 4.69) is 208 Å². The van der Waals surface area contributed by atoms with Gasteiger partial charge in [0.25, 0.3) is 0 Å². The van der Waals surface area contributed by atoms with Crippen LogP contribution in [0, 0.1) is 34.6 Å². The van der Waals surface area contributed by atoms with E-state index in [0.29, 0.717) is 0 Å². The molecule has 0 fully saturated rings. The summed E-state index contributed by atoms with van der Waals surface area (Å²) >= 11 is 0. The summed E-state index contributed by atoms with van der Waals surface area (Å²) in [6, 6.07) is 59.3. The fraction of sp³-hybridized carbons (Fsp3) is 0.0909. The first-order valence-electron chi connectivity index (χ1n) is 20.3. The predicted molar refractivity (Wildman–Crippen MR) is 249 cm³/mol. The van der Waals surface area contributed by atoms with E-state index in [4.69, 9.17) is 8.83 Å². The Balaban J connectivity index is 1.05. The van der Waals surface area contributed by atoms with E-state index in [1.165, 1.54) is 22.3 Å². The molecule has 0 aliphatic carbocycles. The van der Waals surface area contributed by atoms with Crippen molar-refractivity contribution in [1.29, 1.82) is 0 Å². The van der Waals surface area contributed by atoms with Crippen molar-refractivity contribution in [3.05, 3.63) is 192 Å². The van der Waals surface area contributed by atoms with Crippen molar-refractivity contribution in [2.24, 2.45) is 0 Å². The summed E-state index contributed by atoms with van der Waals surface area (Å²) in [5, 5.41) is 8.89. The molecule has 2 heterocycles. The first-order valence-corrected chi connectivity index (χ1v) is 20.3. The van der Waals surface area contributed by atoms with Crippen LogP contribution in [-0.2, 0) is 0 Å². The Morgan fingerprint density at radius 1 is 0.322 bits per heavy atom. The van der Waals surface area contributed by atoms with E-state index in [1.54, 1.807) is 0 Å². The number of rotatable bonds is 6. The number of benzene rings is 9. The minimum Gasteiger partial charge on any atom is -0.452 e. The number of para-hydroxylation sites is 2. The average Bonchev–Trinajstić information content (AvgIpc) is 3.77. The molecule has 0 bridgehead atoms. The van der Waals surface area contributed by atoms with Crippen LogP contribution in [-0.4, -0.2) is 0 Å². The molecule has 0 aliphatic rings. The summed E-state index contributed by atoms with van der Waals surface area (Å²) in [7, 11) is 0. The van der Waals surface area contributed by atoms with Gasteiger partial charge in [-0.1, -0.05) is 60.7 Å². The molecule has 2 aromatic heterocycles. The number of aryl methyl sites for hydroxylation is 5. The largest absolute Gasteiger partial charge is 0.452 e. The summed E-state index contributed by atoms with van der Waals surface area (Å²) in [6.07, 6.45) is 0. The van der Waals surface area contributed by atoms with Crippen LogP contribution in [0.3, 0.4) is 0 Å². The van der Waals surface area contributed by atoms with E-state index in [-0.39, 0.29) is 0 Å². The molecule has 11 aromatic rings. The van der Waals surface area contributed by atoms with Gasteiger partial charge in [0.05, 0.1) is 0 Å². The highest BCUT2D eigenvalue weighted by atomic mass is 16.4. The molecule has 4 nitrogen and oxygen atoms in total. The number of fused-ring (bicyclic) bond motifs is 9. The Hall–Kier alpha value is -7.30. The van der Waals surface area contributed by atoms with Gasteiger partial charge < -0.3 is 18.6 Å². The molecule has 4 heteroatoms. The fourth-order valence-corrected chi connectivity index (χ4v) is 9.31. The summed E-state index contributed by atoms with van der Waals surface area (Å²) in [5.74, 6) is 0. The lowest BCUT2D eigenvalue weighted by molar-refractivity contribution is 0.633. The van der Waals surface area contributed by atoms with Crippen LogP contribution in [0.1, 0.15) is 27.8 Å². The standard InChI is InChI=1S/C55H42N2O2/c1-33-20-34(2)23-46(22-33)56(42-12-8-6-9-13-42)44-18-16-38-29-48-49-26-37(5)53-50-30-39-17-19-45(57(43-14-10-7-11-15-43)47-24-35(3)21-36(4)25-47)28-41(39)32-52(50)59-55(53)54(49)58-51(48)31-40(38)27-44/h6-32H,1-5H3. The fourth-order valence-electron chi connectivity index (χ4n) is 9.31. The highest BCUT2D eigenvalue weighted by Crippen LogP contribution is 2.45. The Kier molecular flexibility index (Phi) is 7.92. The highest BCUT2D eigenvalue weighted by molar-refractivity contribution is 6.22. The molecule has 0 saturated heterocycles. The summed E-state index contributed by atoms with van der Waals surface area (Å²) < 4.78 is 13.6. The zero-order chi connectivity index (χ0) is 39.9. The molecular formula is C55H42N2O2. The number of anilines is 6. The van der Waals surface area contributed by atoms with E-state index >= 15 is 0 Å². The first kappa shape index (κ1) is 34.9.